The number of ether oxygens (including phenoxy) is 1. The molecular weight excluding hydrogens is 300 g/mol. The van der Waals surface area contributed by atoms with Crippen LogP contribution >= 0.6 is 0 Å². The summed E-state index contributed by atoms with van der Waals surface area (Å²) in [5.41, 5.74) is 0.642. The lowest BCUT2D eigenvalue weighted by atomic mass is 10.2. The number of hydrogen-bond acceptors (Lipinski definition) is 3. The summed E-state index contributed by atoms with van der Waals surface area (Å²) in [6.07, 6.45) is 0. The minimum absolute atomic E-state index is 0.0546. The van der Waals surface area contributed by atoms with Gasteiger partial charge in [0.15, 0.2) is 0 Å². The highest BCUT2D eigenvalue weighted by molar-refractivity contribution is 5.94. The smallest absolute Gasteiger partial charge is 0.251 e. The Morgan fingerprint density at radius 3 is 2.25 bits per heavy atom. The molecule has 0 spiro atoms. The van der Waals surface area contributed by atoms with Crippen LogP contribution in [0.15, 0.2) is 54.6 Å². The van der Waals surface area contributed by atoms with E-state index in [1.54, 1.807) is 12.1 Å². The van der Waals surface area contributed by atoms with Crippen molar-refractivity contribution in [3.8, 4) is 11.5 Å². The van der Waals surface area contributed by atoms with Crippen molar-refractivity contribution in [1.29, 1.82) is 0 Å². The molecular formula is C20H26N2O2. The number of benzene rings is 2. The molecule has 2 aromatic carbocycles. The van der Waals surface area contributed by atoms with Crippen molar-refractivity contribution in [2.75, 3.05) is 19.6 Å². The summed E-state index contributed by atoms with van der Waals surface area (Å²) in [7, 11) is 0. The Hall–Kier alpha value is -2.33. The predicted molar refractivity (Wildman–Crippen MR) is 97.7 cm³/mol. The maximum absolute atomic E-state index is 12.2. The van der Waals surface area contributed by atoms with E-state index in [0.29, 0.717) is 18.2 Å². The first kappa shape index (κ1) is 18.0. The van der Waals surface area contributed by atoms with E-state index in [2.05, 4.69) is 31.0 Å². The first-order valence-corrected chi connectivity index (χ1v) is 8.45. The zero-order valence-electron chi connectivity index (χ0n) is 14.7. The third kappa shape index (κ3) is 5.39. The molecule has 24 heavy (non-hydrogen) atoms. The molecule has 0 unspecified atom stereocenters. The number of amides is 1. The van der Waals surface area contributed by atoms with Gasteiger partial charge >= 0.3 is 0 Å². The van der Waals surface area contributed by atoms with Crippen molar-refractivity contribution >= 4 is 5.91 Å². The third-order valence-corrected chi connectivity index (χ3v) is 3.92. The highest BCUT2D eigenvalue weighted by Gasteiger charge is 2.09. The van der Waals surface area contributed by atoms with Gasteiger partial charge < -0.3 is 10.1 Å². The topological polar surface area (TPSA) is 41.6 Å². The maximum Gasteiger partial charge on any atom is 0.251 e. The van der Waals surface area contributed by atoms with Crippen LogP contribution in [0, 0.1) is 0 Å². The lowest BCUT2D eigenvalue weighted by Gasteiger charge is -2.24. The molecule has 0 bridgehead atoms. The van der Waals surface area contributed by atoms with Crippen molar-refractivity contribution in [3.63, 3.8) is 0 Å². The first-order valence-electron chi connectivity index (χ1n) is 8.45. The van der Waals surface area contributed by atoms with E-state index in [9.17, 15) is 4.79 Å². The van der Waals surface area contributed by atoms with Gasteiger partial charge in [0, 0.05) is 24.7 Å². The lowest BCUT2D eigenvalue weighted by molar-refractivity contribution is 0.0946. The van der Waals surface area contributed by atoms with Gasteiger partial charge in [-0.25, -0.2) is 0 Å². The molecule has 4 nitrogen and oxygen atoms in total. The van der Waals surface area contributed by atoms with E-state index in [1.807, 2.05) is 42.5 Å². The van der Waals surface area contributed by atoms with E-state index in [-0.39, 0.29) is 5.91 Å². The van der Waals surface area contributed by atoms with Gasteiger partial charge in [-0.2, -0.15) is 0 Å². The van der Waals surface area contributed by atoms with Crippen molar-refractivity contribution in [2.24, 2.45) is 0 Å². The second kappa shape index (κ2) is 9.08. The van der Waals surface area contributed by atoms with Gasteiger partial charge in [0.1, 0.15) is 11.5 Å². The van der Waals surface area contributed by atoms with Crippen molar-refractivity contribution in [2.45, 2.75) is 26.8 Å². The van der Waals surface area contributed by atoms with Crippen LogP contribution in [0.3, 0.4) is 0 Å². The Bertz CT molecular complexity index is 624. The van der Waals surface area contributed by atoms with Crippen LogP contribution in [-0.4, -0.2) is 36.5 Å². The minimum atomic E-state index is -0.0546. The van der Waals surface area contributed by atoms with Crippen LogP contribution in [0.2, 0.25) is 0 Å². The van der Waals surface area contributed by atoms with Crippen LogP contribution < -0.4 is 10.1 Å². The summed E-state index contributed by atoms with van der Waals surface area (Å²) in [6.45, 7) is 8.95. The largest absolute Gasteiger partial charge is 0.457 e. The molecule has 1 amide bonds. The Morgan fingerprint density at radius 2 is 1.67 bits per heavy atom. The van der Waals surface area contributed by atoms with E-state index < -0.39 is 0 Å². The van der Waals surface area contributed by atoms with Crippen LogP contribution in [-0.2, 0) is 0 Å². The van der Waals surface area contributed by atoms with Crippen molar-refractivity contribution < 1.29 is 9.53 Å². The van der Waals surface area contributed by atoms with Gasteiger partial charge in [-0.3, -0.25) is 9.69 Å². The summed E-state index contributed by atoms with van der Waals surface area (Å²) in [6, 6.07) is 17.3. The van der Waals surface area contributed by atoms with Crippen LogP contribution in [0.1, 0.15) is 31.1 Å². The molecule has 0 aliphatic rings. The third-order valence-electron chi connectivity index (χ3n) is 3.92. The predicted octanol–water partition coefficient (Wildman–Crippen LogP) is 3.94. The van der Waals surface area contributed by atoms with Gasteiger partial charge in [0.05, 0.1) is 0 Å². The average Bonchev–Trinajstić information content (AvgIpc) is 2.60. The number of carbonyl (C=O) groups excluding carboxylic acids is 1. The lowest BCUT2D eigenvalue weighted by Crippen LogP contribution is -2.38. The molecule has 0 aliphatic heterocycles. The SMILES string of the molecule is CCN(CCNC(=O)c1ccc(Oc2ccccc2)cc1)C(C)C. The van der Waals surface area contributed by atoms with Gasteiger partial charge in [0.2, 0.25) is 0 Å². The number of carbonyl (C=O) groups is 1. The second-order valence-electron chi connectivity index (χ2n) is 5.92. The molecule has 2 rings (SSSR count). The van der Waals surface area contributed by atoms with Crippen molar-refractivity contribution in [1.82, 2.24) is 10.2 Å². The van der Waals surface area contributed by atoms with Crippen LogP contribution in [0.25, 0.3) is 0 Å². The number of nitrogens with one attached hydrogen (secondary N) is 1. The van der Waals surface area contributed by atoms with Gasteiger partial charge in [0.25, 0.3) is 5.91 Å². The van der Waals surface area contributed by atoms with E-state index in [4.69, 9.17) is 4.74 Å². The normalized spacial score (nSPS) is 10.9. The highest BCUT2D eigenvalue weighted by atomic mass is 16.5. The van der Waals surface area contributed by atoms with Gasteiger partial charge in [-0.1, -0.05) is 25.1 Å². The molecule has 4 heteroatoms. The van der Waals surface area contributed by atoms with Crippen LogP contribution in [0.5, 0.6) is 11.5 Å². The van der Waals surface area contributed by atoms with E-state index in [0.717, 1.165) is 24.6 Å². The number of hydrogen-bond donors (Lipinski definition) is 1. The van der Waals surface area contributed by atoms with Gasteiger partial charge in [-0.15, -0.1) is 0 Å². The van der Waals surface area contributed by atoms with Gasteiger partial charge in [-0.05, 0) is 56.8 Å². The number of nitrogens with zero attached hydrogens (tertiary/aromatic N) is 1. The first-order chi connectivity index (χ1) is 11.6. The fourth-order valence-corrected chi connectivity index (χ4v) is 2.50. The molecule has 0 saturated carbocycles. The molecule has 0 atom stereocenters. The molecule has 0 fully saturated rings. The molecule has 0 aliphatic carbocycles. The van der Waals surface area contributed by atoms with E-state index >= 15 is 0 Å². The molecule has 2 aromatic rings. The highest BCUT2D eigenvalue weighted by Crippen LogP contribution is 2.21. The zero-order valence-corrected chi connectivity index (χ0v) is 14.7. The second-order valence-corrected chi connectivity index (χ2v) is 5.92. The quantitative estimate of drug-likeness (QED) is 0.799. The van der Waals surface area contributed by atoms with Crippen LogP contribution in [0.4, 0.5) is 0 Å². The monoisotopic (exact) mass is 326 g/mol. The molecule has 0 saturated heterocycles. The number of rotatable bonds is 8. The molecule has 1 N–H and O–H groups in total. The Kier molecular flexibility index (Phi) is 6.82. The molecule has 0 heterocycles. The Morgan fingerprint density at radius 1 is 1.04 bits per heavy atom. The molecule has 0 aromatic heterocycles. The number of para-hydroxylation sites is 1. The average molecular weight is 326 g/mol. The Balaban J connectivity index is 1.85. The summed E-state index contributed by atoms with van der Waals surface area (Å²) >= 11 is 0. The number of likely N-dealkylation sites (N-methyl/N-ethyl adjacent to an activating group) is 1. The summed E-state index contributed by atoms with van der Waals surface area (Å²) < 4.78 is 5.73. The van der Waals surface area contributed by atoms with Crippen molar-refractivity contribution in [3.05, 3.63) is 60.2 Å². The maximum atomic E-state index is 12.2. The fraction of sp³-hybridized carbons (Fsp3) is 0.350. The Labute approximate surface area is 144 Å². The van der Waals surface area contributed by atoms with E-state index in [1.165, 1.54) is 0 Å². The summed E-state index contributed by atoms with van der Waals surface area (Å²) in [5, 5.41) is 2.97. The minimum Gasteiger partial charge on any atom is -0.457 e. The zero-order chi connectivity index (χ0) is 17.4. The molecule has 0 radical (unpaired) electrons. The standard InChI is InChI=1S/C20H26N2O2/c1-4-22(16(2)3)15-14-21-20(23)17-10-12-19(13-11-17)24-18-8-6-5-7-9-18/h5-13,16H,4,14-15H2,1-3H3,(H,21,23). The fourth-order valence-electron chi connectivity index (χ4n) is 2.50. The summed E-state index contributed by atoms with van der Waals surface area (Å²) in [4.78, 5) is 14.5. The molecule has 128 valence electrons. The summed E-state index contributed by atoms with van der Waals surface area (Å²) in [5.74, 6) is 1.44.